The Morgan fingerprint density at radius 1 is 1.27 bits per heavy atom. The molecule has 8 heteroatoms. The Labute approximate surface area is 197 Å². The average Bonchev–Trinajstić information content (AvgIpc) is 3.29. The number of likely N-dealkylation sites (tertiary alicyclic amines) is 1. The molecule has 0 spiro atoms. The third-order valence-corrected chi connectivity index (χ3v) is 5.40. The molecule has 3 rings (SSSR count). The fraction of sp³-hybridized carbons (Fsp3) is 0.773. The zero-order valence-corrected chi connectivity index (χ0v) is 20.6. The number of furan rings is 1. The molecule has 172 valence electrons. The Balaban J connectivity index is 0.00000320. The number of halogens is 1. The molecule has 0 bridgehead atoms. The minimum Gasteiger partial charge on any atom is -0.467 e. The van der Waals surface area contributed by atoms with Gasteiger partial charge in [0.15, 0.2) is 5.96 Å². The molecule has 2 aliphatic heterocycles. The highest BCUT2D eigenvalue weighted by molar-refractivity contribution is 14.0. The summed E-state index contributed by atoms with van der Waals surface area (Å²) >= 11 is 0. The van der Waals surface area contributed by atoms with Gasteiger partial charge in [-0.1, -0.05) is 0 Å². The summed E-state index contributed by atoms with van der Waals surface area (Å²) in [5.41, 5.74) is 0. The van der Waals surface area contributed by atoms with Crippen LogP contribution in [0.5, 0.6) is 0 Å². The molecule has 0 aliphatic carbocycles. The second-order valence-electron chi connectivity index (χ2n) is 7.73. The number of nitrogens with one attached hydrogen (secondary N) is 1. The van der Waals surface area contributed by atoms with Crippen LogP contribution in [-0.4, -0.2) is 69.1 Å². The summed E-state index contributed by atoms with van der Waals surface area (Å²) in [6.45, 7) is 8.56. The van der Waals surface area contributed by atoms with Gasteiger partial charge in [-0.3, -0.25) is 4.99 Å². The molecule has 2 aliphatic rings. The van der Waals surface area contributed by atoms with Gasteiger partial charge in [0.1, 0.15) is 12.4 Å². The van der Waals surface area contributed by atoms with Gasteiger partial charge in [-0.2, -0.15) is 0 Å². The lowest BCUT2D eigenvalue weighted by molar-refractivity contribution is -0.0721. The molecule has 2 saturated heterocycles. The first-order valence-corrected chi connectivity index (χ1v) is 11.2. The van der Waals surface area contributed by atoms with E-state index < -0.39 is 0 Å². The molecule has 1 atom stereocenters. The van der Waals surface area contributed by atoms with Gasteiger partial charge in [-0.25, -0.2) is 0 Å². The standard InChI is InChI=1S/C22H37N3O4.HI/c1-2-23-22(24-11-6-14-26-17-20-8-5-16-28-20)25-12-9-19(10-13-25)29-18-21-7-3-4-15-27-21;/h5,8,16,19,21H,2-4,6-7,9-15,17-18H2,1H3,(H,23,24);1H. The number of aliphatic imine (C=N–C) groups is 1. The molecule has 0 aromatic carbocycles. The van der Waals surface area contributed by atoms with Crippen molar-refractivity contribution in [2.45, 2.75) is 64.3 Å². The van der Waals surface area contributed by atoms with E-state index >= 15 is 0 Å². The van der Waals surface area contributed by atoms with Gasteiger partial charge < -0.3 is 28.8 Å². The maximum Gasteiger partial charge on any atom is 0.193 e. The summed E-state index contributed by atoms with van der Waals surface area (Å²) in [4.78, 5) is 7.13. The van der Waals surface area contributed by atoms with E-state index in [0.29, 0.717) is 25.4 Å². The molecule has 0 radical (unpaired) electrons. The lowest BCUT2D eigenvalue weighted by atomic mass is 10.1. The van der Waals surface area contributed by atoms with Crippen LogP contribution >= 0.6 is 24.0 Å². The molecule has 7 nitrogen and oxygen atoms in total. The summed E-state index contributed by atoms with van der Waals surface area (Å²) in [5.74, 6) is 1.87. The molecular formula is C22H38IN3O4. The zero-order valence-electron chi connectivity index (χ0n) is 18.2. The highest BCUT2D eigenvalue weighted by Gasteiger charge is 2.23. The second kappa shape index (κ2) is 15.0. The Morgan fingerprint density at radius 3 is 2.83 bits per heavy atom. The summed E-state index contributed by atoms with van der Waals surface area (Å²) in [5, 5.41) is 3.42. The van der Waals surface area contributed by atoms with Crippen molar-refractivity contribution in [2.24, 2.45) is 4.99 Å². The van der Waals surface area contributed by atoms with Gasteiger partial charge >= 0.3 is 0 Å². The van der Waals surface area contributed by atoms with E-state index in [9.17, 15) is 0 Å². The van der Waals surface area contributed by atoms with Crippen molar-refractivity contribution in [3.05, 3.63) is 24.2 Å². The van der Waals surface area contributed by atoms with Crippen molar-refractivity contribution < 1.29 is 18.6 Å². The van der Waals surface area contributed by atoms with Crippen molar-refractivity contribution in [3.8, 4) is 0 Å². The largest absolute Gasteiger partial charge is 0.467 e. The van der Waals surface area contributed by atoms with Crippen LogP contribution < -0.4 is 5.32 Å². The zero-order chi connectivity index (χ0) is 20.2. The number of guanidine groups is 1. The van der Waals surface area contributed by atoms with E-state index in [2.05, 4.69) is 17.1 Å². The molecule has 2 fully saturated rings. The first-order valence-electron chi connectivity index (χ1n) is 11.2. The molecule has 0 amide bonds. The summed E-state index contributed by atoms with van der Waals surface area (Å²) in [6, 6.07) is 3.81. The third kappa shape index (κ3) is 9.11. The van der Waals surface area contributed by atoms with Gasteiger partial charge in [-0.15, -0.1) is 24.0 Å². The SMILES string of the molecule is CCNC(=NCCCOCc1ccco1)N1CCC(OCC2CCCCO2)CC1.I. The fourth-order valence-corrected chi connectivity index (χ4v) is 3.76. The lowest BCUT2D eigenvalue weighted by Crippen LogP contribution is -2.47. The van der Waals surface area contributed by atoms with E-state index in [1.165, 1.54) is 12.8 Å². The van der Waals surface area contributed by atoms with Gasteiger partial charge in [0.25, 0.3) is 0 Å². The normalized spacial score (nSPS) is 20.8. The van der Waals surface area contributed by atoms with Gasteiger partial charge in [-0.05, 0) is 57.6 Å². The topological polar surface area (TPSA) is 68.5 Å². The first kappa shape index (κ1) is 25.4. The summed E-state index contributed by atoms with van der Waals surface area (Å²) in [6.07, 6.45) is 8.90. The summed E-state index contributed by atoms with van der Waals surface area (Å²) < 4.78 is 22.8. The molecule has 1 aromatic heterocycles. The van der Waals surface area contributed by atoms with Crippen molar-refractivity contribution in [2.75, 3.05) is 46.0 Å². The van der Waals surface area contributed by atoms with Crippen molar-refractivity contribution in [1.82, 2.24) is 10.2 Å². The highest BCUT2D eigenvalue weighted by atomic mass is 127. The van der Waals surface area contributed by atoms with Gasteiger partial charge in [0.05, 0.1) is 25.1 Å². The molecular weight excluding hydrogens is 497 g/mol. The van der Waals surface area contributed by atoms with Crippen LogP contribution in [0, 0.1) is 0 Å². The predicted molar refractivity (Wildman–Crippen MR) is 129 cm³/mol. The average molecular weight is 535 g/mol. The Bertz CT molecular complexity index is 571. The third-order valence-electron chi connectivity index (χ3n) is 5.40. The highest BCUT2D eigenvalue weighted by Crippen LogP contribution is 2.18. The Hall–Kier alpha value is -0.840. The van der Waals surface area contributed by atoms with Crippen molar-refractivity contribution >= 4 is 29.9 Å². The van der Waals surface area contributed by atoms with Crippen LogP contribution in [0.2, 0.25) is 0 Å². The van der Waals surface area contributed by atoms with Crippen LogP contribution in [0.1, 0.15) is 51.2 Å². The number of rotatable bonds is 10. The smallest absolute Gasteiger partial charge is 0.193 e. The summed E-state index contributed by atoms with van der Waals surface area (Å²) in [7, 11) is 0. The maximum absolute atomic E-state index is 6.13. The maximum atomic E-state index is 6.13. The van der Waals surface area contributed by atoms with Crippen LogP contribution in [0.3, 0.4) is 0 Å². The monoisotopic (exact) mass is 535 g/mol. The number of nitrogens with zero attached hydrogens (tertiary/aromatic N) is 2. The molecule has 0 saturated carbocycles. The van der Waals surface area contributed by atoms with Crippen LogP contribution in [0.25, 0.3) is 0 Å². The molecule has 1 N–H and O–H groups in total. The quantitative estimate of drug-likeness (QED) is 0.213. The number of piperidine rings is 1. The molecule has 1 aromatic rings. The van der Waals surface area contributed by atoms with Crippen LogP contribution in [0.4, 0.5) is 0 Å². The Morgan fingerprint density at radius 2 is 2.13 bits per heavy atom. The predicted octanol–water partition coefficient (Wildman–Crippen LogP) is 3.82. The second-order valence-corrected chi connectivity index (χ2v) is 7.73. The molecule has 1 unspecified atom stereocenters. The van der Waals surface area contributed by atoms with E-state index in [0.717, 1.165) is 76.8 Å². The first-order chi connectivity index (χ1) is 14.3. The number of hydrogen-bond donors (Lipinski definition) is 1. The Kier molecular flexibility index (Phi) is 12.7. The van der Waals surface area contributed by atoms with Crippen LogP contribution in [-0.2, 0) is 20.8 Å². The number of ether oxygens (including phenoxy) is 3. The van der Waals surface area contributed by atoms with E-state index in [1.807, 2.05) is 12.1 Å². The van der Waals surface area contributed by atoms with E-state index in [4.69, 9.17) is 23.6 Å². The van der Waals surface area contributed by atoms with Gasteiger partial charge in [0, 0.05) is 39.4 Å². The van der Waals surface area contributed by atoms with E-state index in [1.54, 1.807) is 6.26 Å². The van der Waals surface area contributed by atoms with Crippen molar-refractivity contribution in [3.63, 3.8) is 0 Å². The fourth-order valence-electron chi connectivity index (χ4n) is 3.76. The molecule has 30 heavy (non-hydrogen) atoms. The van der Waals surface area contributed by atoms with Crippen molar-refractivity contribution in [1.29, 1.82) is 0 Å². The molecule has 3 heterocycles. The van der Waals surface area contributed by atoms with Gasteiger partial charge in [0.2, 0.25) is 0 Å². The minimum atomic E-state index is 0. The van der Waals surface area contributed by atoms with E-state index in [-0.39, 0.29) is 24.0 Å². The van der Waals surface area contributed by atoms with Crippen LogP contribution in [0.15, 0.2) is 27.8 Å². The minimum absolute atomic E-state index is 0. The lowest BCUT2D eigenvalue weighted by Gasteiger charge is -2.35. The number of hydrogen-bond acceptors (Lipinski definition) is 5.